The van der Waals surface area contributed by atoms with Gasteiger partial charge in [0.15, 0.2) is 0 Å². The number of amides is 1. The molecule has 1 saturated heterocycles. The van der Waals surface area contributed by atoms with E-state index in [4.69, 9.17) is 10.5 Å². The van der Waals surface area contributed by atoms with Gasteiger partial charge in [-0.3, -0.25) is 4.79 Å². The first-order valence-electron chi connectivity index (χ1n) is 6.63. The summed E-state index contributed by atoms with van der Waals surface area (Å²) in [4.78, 5) is 14.4. The van der Waals surface area contributed by atoms with Crippen molar-refractivity contribution in [2.75, 3.05) is 33.0 Å². The standard InChI is InChI=1S/C15H22N2O2/c1-11-10-12(16)4-5-13(11)15(14(18)17(2)3)6-8-19-9-7-15/h4-5,10H,6-9,16H2,1-3H3. The van der Waals surface area contributed by atoms with E-state index in [1.54, 1.807) is 4.90 Å². The highest BCUT2D eigenvalue weighted by Gasteiger charge is 2.43. The molecule has 1 aliphatic rings. The number of carbonyl (C=O) groups is 1. The smallest absolute Gasteiger partial charge is 0.232 e. The van der Waals surface area contributed by atoms with Crippen molar-refractivity contribution in [1.29, 1.82) is 0 Å². The second kappa shape index (κ2) is 5.21. The van der Waals surface area contributed by atoms with Crippen LogP contribution in [0.2, 0.25) is 0 Å². The summed E-state index contributed by atoms with van der Waals surface area (Å²) in [5.74, 6) is 0.156. The van der Waals surface area contributed by atoms with Crippen molar-refractivity contribution in [3.05, 3.63) is 29.3 Å². The van der Waals surface area contributed by atoms with E-state index in [-0.39, 0.29) is 5.91 Å². The number of benzene rings is 1. The fraction of sp³-hybridized carbons (Fsp3) is 0.533. The third-order valence-corrected chi connectivity index (χ3v) is 3.93. The summed E-state index contributed by atoms with van der Waals surface area (Å²) in [6.45, 7) is 3.28. The quantitative estimate of drug-likeness (QED) is 0.826. The van der Waals surface area contributed by atoms with E-state index >= 15 is 0 Å². The van der Waals surface area contributed by atoms with Crippen molar-refractivity contribution in [3.63, 3.8) is 0 Å². The Bertz CT molecular complexity index is 477. The van der Waals surface area contributed by atoms with Gasteiger partial charge >= 0.3 is 0 Å². The number of hydrogen-bond donors (Lipinski definition) is 1. The molecule has 0 aromatic heterocycles. The summed E-state index contributed by atoms with van der Waals surface area (Å²) in [7, 11) is 3.62. The minimum Gasteiger partial charge on any atom is -0.399 e. The van der Waals surface area contributed by atoms with Crippen molar-refractivity contribution in [2.45, 2.75) is 25.2 Å². The number of carbonyl (C=O) groups excluding carboxylic acids is 1. The lowest BCUT2D eigenvalue weighted by Crippen LogP contribution is -2.47. The number of likely N-dealkylation sites (N-methyl/N-ethyl adjacent to an activating group) is 1. The lowest BCUT2D eigenvalue weighted by atomic mass is 9.71. The predicted molar refractivity (Wildman–Crippen MR) is 76.0 cm³/mol. The Hall–Kier alpha value is -1.55. The van der Waals surface area contributed by atoms with Crippen LogP contribution in [-0.2, 0) is 14.9 Å². The minimum atomic E-state index is -0.459. The molecule has 4 heteroatoms. The zero-order valence-electron chi connectivity index (χ0n) is 11.9. The number of nitrogen functional groups attached to an aromatic ring is 1. The Morgan fingerprint density at radius 1 is 1.32 bits per heavy atom. The number of nitrogens with zero attached hydrogens (tertiary/aromatic N) is 1. The third-order valence-electron chi connectivity index (χ3n) is 3.93. The zero-order chi connectivity index (χ0) is 14.0. The second-order valence-corrected chi connectivity index (χ2v) is 5.47. The van der Waals surface area contributed by atoms with E-state index in [0.29, 0.717) is 13.2 Å². The average molecular weight is 262 g/mol. The fourth-order valence-electron chi connectivity index (χ4n) is 2.97. The largest absolute Gasteiger partial charge is 0.399 e. The molecule has 1 heterocycles. The number of hydrogen-bond acceptors (Lipinski definition) is 3. The number of anilines is 1. The summed E-state index contributed by atoms with van der Waals surface area (Å²) in [6.07, 6.45) is 1.46. The van der Waals surface area contributed by atoms with Gasteiger partial charge in [0.1, 0.15) is 0 Å². The molecule has 104 valence electrons. The lowest BCUT2D eigenvalue weighted by molar-refractivity contribution is -0.138. The molecular weight excluding hydrogens is 240 g/mol. The van der Waals surface area contributed by atoms with Gasteiger partial charge in [0.05, 0.1) is 5.41 Å². The molecule has 2 N–H and O–H groups in total. The summed E-state index contributed by atoms with van der Waals surface area (Å²) < 4.78 is 5.44. The lowest BCUT2D eigenvalue weighted by Gasteiger charge is -2.39. The van der Waals surface area contributed by atoms with E-state index in [1.165, 1.54) is 0 Å². The predicted octanol–water partition coefficient (Wildman–Crippen LogP) is 1.71. The van der Waals surface area contributed by atoms with Gasteiger partial charge in [-0.15, -0.1) is 0 Å². The van der Waals surface area contributed by atoms with E-state index in [9.17, 15) is 4.79 Å². The SMILES string of the molecule is Cc1cc(N)ccc1C1(C(=O)N(C)C)CCOCC1. The molecule has 19 heavy (non-hydrogen) atoms. The Balaban J connectivity index is 2.51. The van der Waals surface area contributed by atoms with Gasteiger partial charge in [-0.25, -0.2) is 0 Å². The molecule has 0 radical (unpaired) electrons. The molecule has 0 unspecified atom stereocenters. The van der Waals surface area contributed by atoms with Gasteiger partial charge in [0.25, 0.3) is 0 Å². The highest BCUT2D eigenvalue weighted by molar-refractivity contribution is 5.88. The highest BCUT2D eigenvalue weighted by Crippen LogP contribution is 2.38. The van der Waals surface area contributed by atoms with Crippen molar-refractivity contribution in [3.8, 4) is 0 Å². The molecule has 1 aromatic carbocycles. The molecule has 1 aromatic rings. The fourth-order valence-corrected chi connectivity index (χ4v) is 2.97. The van der Waals surface area contributed by atoms with Gasteiger partial charge in [0.2, 0.25) is 5.91 Å². The molecule has 0 saturated carbocycles. The van der Waals surface area contributed by atoms with E-state index in [2.05, 4.69) is 0 Å². The van der Waals surface area contributed by atoms with Gasteiger partial charge in [-0.2, -0.15) is 0 Å². The van der Waals surface area contributed by atoms with Gasteiger partial charge in [-0.1, -0.05) is 6.07 Å². The number of nitrogens with two attached hydrogens (primary N) is 1. The van der Waals surface area contributed by atoms with Crippen LogP contribution in [0, 0.1) is 6.92 Å². The topological polar surface area (TPSA) is 55.6 Å². The van der Waals surface area contributed by atoms with Crippen molar-refractivity contribution in [1.82, 2.24) is 4.90 Å². The average Bonchev–Trinajstić information content (AvgIpc) is 2.38. The molecule has 1 amide bonds. The molecule has 2 rings (SSSR count). The van der Waals surface area contributed by atoms with Gasteiger partial charge in [-0.05, 0) is 43.0 Å². The van der Waals surface area contributed by atoms with Gasteiger partial charge in [0, 0.05) is 33.0 Å². The van der Waals surface area contributed by atoms with E-state index in [0.717, 1.165) is 29.7 Å². The van der Waals surface area contributed by atoms with Crippen molar-refractivity contribution < 1.29 is 9.53 Å². The van der Waals surface area contributed by atoms with Crippen molar-refractivity contribution >= 4 is 11.6 Å². The maximum absolute atomic E-state index is 12.7. The summed E-state index contributed by atoms with van der Waals surface area (Å²) in [5.41, 5.74) is 8.26. The molecule has 0 bridgehead atoms. The first kappa shape index (κ1) is 13.9. The van der Waals surface area contributed by atoms with Crippen LogP contribution in [0.3, 0.4) is 0 Å². The molecule has 0 spiro atoms. The van der Waals surface area contributed by atoms with Crippen LogP contribution in [-0.4, -0.2) is 38.1 Å². The minimum absolute atomic E-state index is 0.156. The van der Waals surface area contributed by atoms with Crippen LogP contribution in [0.15, 0.2) is 18.2 Å². The highest BCUT2D eigenvalue weighted by atomic mass is 16.5. The monoisotopic (exact) mass is 262 g/mol. The molecule has 1 fully saturated rings. The molecular formula is C15H22N2O2. The summed E-state index contributed by atoms with van der Waals surface area (Å²) in [6, 6.07) is 5.81. The number of rotatable bonds is 2. The first-order valence-corrected chi connectivity index (χ1v) is 6.63. The summed E-state index contributed by atoms with van der Waals surface area (Å²) >= 11 is 0. The van der Waals surface area contributed by atoms with Crippen LogP contribution >= 0.6 is 0 Å². The van der Waals surface area contributed by atoms with Crippen LogP contribution in [0.4, 0.5) is 5.69 Å². The van der Waals surface area contributed by atoms with E-state index < -0.39 is 5.41 Å². The summed E-state index contributed by atoms with van der Waals surface area (Å²) in [5, 5.41) is 0. The molecule has 4 nitrogen and oxygen atoms in total. The second-order valence-electron chi connectivity index (χ2n) is 5.47. The number of ether oxygens (including phenoxy) is 1. The van der Waals surface area contributed by atoms with Crippen LogP contribution in [0.5, 0.6) is 0 Å². The molecule has 1 aliphatic heterocycles. The molecule has 0 atom stereocenters. The Morgan fingerprint density at radius 3 is 2.47 bits per heavy atom. The third kappa shape index (κ3) is 2.45. The maximum atomic E-state index is 12.7. The van der Waals surface area contributed by atoms with Gasteiger partial charge < -0.3 is 15.4 Å². The molecule has 0 aliphatic carbocycles. The van der Waals surface area contributed by atoms with Crippen LogP contribution < -0.4 is 5.73 Å². The normalized spacial score (nSPS) is 18.1. The van der Waals surface area contributed by atoms with Crippen molar-refractivity contribution in [2.24, 2.45) is 0 Å². The van der Waals surface area contributed by atoms with Crippen LogP contribution in [0.1, 0.15) is 24.0 Å². The Labute approximate surface area is 114 Å². The zero-order valence-corrected chi connectivity index (χ0v) is 11.9. The maximum Gasteiger partial charge on any atom is 0.232 e. The number of aryl methyl sites for hydroxylation is 1. The van der Waals surface area contributed by atoms with Crippen LogP contribution in [0.25, 0.3) is 0 Å². The Morgan fingerprint density at radius 2 is 1.95 bits per heavy atom. The first-order chi connectivity index (χ1) is 8.97. The Kier molecular flexibility index (Phi) is 3.80. The van der Waals surface area contributed by atoms with E-state index in [1.807, 2.05) is 39.2 Å².